The maximum Gasteiger partial charge on any atom is 0.423 e. The van der Waals surface area contributed by atoms with E-state index in [2.05, 4.69) is 0 Å². The number of phenols is 2. The molecule has 1 aromatic carbocycles. The highest BCUT2D eigenvalue weighted by molar-refractivity contribution is 5.79. The molecule has 1 aromatic rings. The fourth-order valence-electron chi connectivity index (χ4n) is 1.78. The Morgan fingerprint density at radius 1 is 1.25 bits per heavy atom. The zero-order chi connectivity index (χ0) is 15.7. The predicted octanol–water partition coefficient (Wildman–Crippen LogP) is 1.85. The van der Waals surface area contributed by atoms with Crippen LogP contribution in [0.25, 0.3) is 0 Å². The monoisotopic (exact) mass is 293 g/mol. The maximum absolute atomic E-state index is 12.5. The van der Waals surface area contributed by atoms with Crippen LogP contribution in [0.5, 0.6) is 11.5 Å². The summed E-state index contributed by atoms with van der Waals surface area (Å²) >= 11 is 0. The topological polar surface area (TPSA) is 104 Å². The second-order valence-corrected chi connectivity index (χ2v) is 4.50. The largest absolute Gasteiger partial charge is 0.507 e. The molecule has 1 rings (SSSR count). The van der Waals surface area contributed by atoms with Gasteiger partial charge in [0.1, 0.15) is 22.6 Å². The molecular weight excluding hydrogens is 279 g/mol. The molecule has 0 fully saturated rings. The van der Waals surface area contributed by atoms with Crippen LogP contribution in [0, 0.1) is 0 Å². The third-order valence-electron chi connectivity index (χ3n) is 3.02. The Labute approximate surface area is 112 Å². The quantitative estimate of drug-likeness (QED) is 0.678. The molecule has 112 valence electrons. The Balaban J connectivity index is 3.22. The van der Waals surface area contributed by atoms with E-state index in [9.17, 15) is 28.2 Å². The third kappa shape index (κ3) is 3.13. The standard InChI is InChI=1S/C12H14F3NO4/c1-2-11(16,10(19)20)5-6-3-7(17)9(8(18)4-6)12(13,14)15/h3-4,17-18H,2,5,16H2,1H3,(H,19,20)/t11-/m0/s1. The van der Waals surface area contributed by atoms with E-state index >= 15 is 0 Å². The summed E-state index contributed by atoms with van der Waals surface area (Å²) in [5.41, 5.74) is 2.37. The van der Waals surface area contributed by atoms with Crippen molar-refractivity contribution in [1.82, 2.24) is 0 Å². The smallest absolute Gasteiger partial charge is 0.423 e. The van der Waals surface area contributed by atoms with E-state index in [0.29, 0.717) is 0 Å². The molecule has 0 aromatic heterocycles. The van der Waals surface area contributed by atoms with E-state index in [1.165, 1.54) is 6.92 Å². The number of aromatic hydroxyl groups is 2. The molecule has 0 aliphatic carbocycles. The lowest BCUT2D eigenvalue weighted by molar-refractivity contribution is -0.143. The molecule has 1 atom stereocenters. The summed E-state index contributed by atoms with van der Waals surface area (Å²) < 4.78 is 37.6. The van der Waals surface area contributed by atoms with Gasteiger partial charge in [0.2, 0.25) is 0 Å². The Kier molecular flexibility index (Phi) is 4.18. The summed E-state index contributed by atoms with van der Waals surface area (Å²) in [5, 5.41) is 27.7. The number of aliphatic carboxylic acids is 1. The number of carbonyl (C=O) groups is 1. The zero-order valence-corrected chi connectivity index (χ0v) is 10.5. The van der Waals surface area contributed by atoms with Crippen molar-refractivity contribution in [2.24, 2.45) is 5.73 Å². The van der Waals surface area contributed by atoms with Crippen molar-refractivity contribution in [3.63, 3.8) is 0 Å². The molecule has 5 N–H and O–H groups in total. The van der Waals surface area contributed by atoms with Crippen molar-refractivity contribution in [2.75, 3.05) is 0 Å². The first-order valence-corrected chi connectivity index (χ1v) is 5.65. The minimum absolute atomic E-state index is 0.000231. The first kappa shape index (κ1) is 16.1. The Bertz CT molecular complexity index is 507. The number of phenolic OH excluding ortho intramolecular Hbond substituents is 2. The normalized spacial score (nSPS) is 14.8. The zero-order valence-electron chi connectivity index (χ0n) is 10.5. The number of benzene rings is 1. The summed E-state index contributed by atoms with van der Waals surface area (Å²) in [6.07, 6.45) is -5.20. The first-order chi connectivity index (χ1) is 9.01. The van der Waals surface area contributed by atoms with Gasteiger partial charge in [-0.2, -0.15) is 13.2 Å². The van der Waals surface area contributed by atoms with Crippen molar-refractivity contribution in [3.8, 4) is 11.5 Å². The van der Waals surface area contributed by atoms with Gasteiger partial charge >= 0.3 is 12.1 Å². The Morgan fingerprint density at radius 2 is 1.70 bits per heavy atom. The highest BCUT2D eigenvalue weighted by atomic mass is 19.4. The van der Waals surface area contributed by atoms with Gasteiger partial charge < -0.3 is 21.1 Å². The van der Waals surface area contributed by atoms with E-state index in [1.54, 1.807) is 0 Å². The van der Waals surface area contributed by atoms with Gasteiger partial charge in [-0.15, -0.1) is 0 Å². The number of rotatable bonds is 4. The van der Waals surface area contributed by atoms with Crippen LogP contribution in [0.3, 0.4) is 0 Å². The number of hydrogen-bond donors (Lipinski definition) is 4. The van der Waals surface area contributed by atoms with Gasteiger partial charge in [0.15, 0.2) is 0 Å². The summed E-state index contributed by atoms with van der Waals surface area (Å²) in [7, 11) is 0. The average molecular weight is 293 g/mol. The van der Waals surface area contributed by atoms with Gasteiger partial charge in [-0.3, -0.25) is 4.79 Å². The van der Waals surface area contributed by atoms with Gasteiger partial charge in [0.25, 0.3) is 0 Å². The Morgan fingerprint density at radius 3 is 2.00 bits per heavy atom. The highest BCUT2D eigenvalue weighted by Gasteiger charge is 2.38. The molecule has 0 aliphatic rings. The van der Waals surface area contributed by atoms with Crippen molar-refractivity contribution < 1.29 is 33.3 Å². The number of halogens is 3. The first-order valence-electron chi connectivity index (χ1n) is 5.65. The van der Waals surface area contributed by atoms with E-state index in [-0.39, 0.29) is 18.4 Å². The van der Waals surface area contributed by atoms with E-state index in [1.807, 2.05) is 0 Å². The SMILES string of the molecule is CC[C@](N)(Cc1cc(O)c(C(F)(F)F)c(O)c1)C(=O)O. The second kappa shape index (κ2) is 5.20. The third-order valence-corrected chi connectivity index (χ3v) is 3.02. The minimum atomic E-state index is -4.91. The molecule has 0 unspecified atom stereocenters. The lowest BCUT2D eigenvalue weighted by atomic mass is 9.88. The molecule has 0 saturated heterocycles. The van der Waals surface area contributed by atoms with E-state index in [0.717, 1.165) is 12.1 Å². The number of carboxylic acid groups (broad SMARTS) is 1. The molecule has 0 saturated carbocycles. The van der Waals surface area contributed by atoms with Crippen LogP contribution in [0.2, 0.25) is 0 Å². The Hall–Kier alpha value is -1.96. The fraction of sp³-hybridized carbons (Fsp3) is 0.417. The van der Waals surface area contributed by atoms with E-state index < -0.39 is 34.7 Å². The maximum atomic E-state index is 12.5. The van der Waals surface area contributed by atoms with Crippen molar-refractivity contribution in [2.45, 2.75) is 31.5 Å². The molecule has 0 radical (unpaired) electrons. The van der Waals surface area contributed by atoms with Crippen LogP contribution in [-0.2, 0) is 17.4 Å². The molecule has 20 heavy (non-hydrogen) atoms. The number of hydrogen-bond acceptors (Lipinski definition) is 4. The van der Waals surface area contributed by atoms with Crippen LogP contribution in [0.15, 0.2) is 12.1 Å². The lowest BCUT2D eigenvalue weighted by Gasteiger charge is -2.23. The minimum Gasteiger partial charge on any atom is -0.507 e. The summed E-state index contributed by atoms with van der Waals surface area (Å²) in [6, 6.07) is 1.51. The lowest BCUT2D eigenvalue weighted by Crippen LogP contribution is -2.49. The molecule has 5 nitrogen and oxygen atoms in total. The molecule has 0 amide bonds. The van der Waals surface area contributed by atoms with E-state index in [4.69, 9.17) is 10.8 Å². The summed E-state index contributed by atoms with van der Waals surface area (Å²) in [6.45, 7) is 1.51. The van der Waals surface area contributed by atoms with Crippen LogP contribution < -0.4 is 5.73 Å². The fourth-order valence-corrected chi connectivity index (χ4v) is 1.78. The molecule has 0 heterocycles. The molecule has 0 aliphatic heterocycles. The summed E-state index contributed by atoms with van der Waals surface area (Å²) in [5.74, 6) is -3.66. The van der Waals surface area contributed by atoms with Gasteiger partial charge in [-0.05, 0) is 24.1 Å². The van der Waals surface area contributed by atoms with Gasteiger partial charge in [0, 0.05) is 6.42 Å². The van der Waals surface area contributed by atoms with Crippen molar-refractivity contribution in [1.29, 1.82) is 0 Å². The number of nitrogens with two attached hydrogens (primary N) is 1. The van der Waals surface area contributed by atoms with Crippen molar-refractivity contribution in [3.05, 3.63) is 23.3 Å². The van der Waals surface area contributed by atoms with Crippen molar-refractivity contribution >= 4 is 5.97 Å². The number of carboxylic acids is 1. The molecule has 0 spiro atoms. The predicted molar refractivity (Wildman–Crippen MR) is 63.3 cm³/mol. The van der Waals surface area contributed by atoms with Crippen LogP contribution in [-0.4, -0.2) is 26.8 Å². The van der Waals surface area contributed by atoms with Gasteiger partial charge in [-0.1, -0.05) is 6.92 Å². The number of alkyl halides is 3. The molecular formula is C12H14F3NO4. The van der Waals surface area contributed by atoms with Gasteiger partial charge in [0.05, 0.1) is 0 Å². The van der Waals surface area contributed by atoms with Crippen LogP contribution in [0.4, 0.5) is 13.2 Å². The molecule has 8 heteroatoms. The second-order valence-electron chi connectivity index (χ2n) is 4.50. The summed E-state index contributed by atoms with van der Waals surface area (Å²) in [4.78, 5) is 11.0. The molecule has 0 bridgehead atoms. The highest BCUT2D eigenvalue weighted by Crippen LogP contribution is 2.42. The average Bonchev–Trinajstić information content (AvgIpc) is 2.25. The van der Waals surface area contributed by atoms with Gasteiger partial charge in [-0.25, -0.2) is 0 Å². The van der Waals surface area contributed by atoms with Crippen LogP contribution in [0.1, 0.15) is 24.5 Å². The van der Waals surface area contributed by atoms with Crippen LogP contribution >= 0.6 is 0 Å².